The number of hydrogen-bond donors (Lipinski definition) is 2. The molecular weight excluding hydrogens is 302 g/mol. The van der Waals surface area contributed by atoms with Crippen LogP contribution in [-0.4, -0.2) is 31.9 Å². The lowest BCUT2D eigenvalue weighted by molar-refractivity contribution is -0.149. The molecule has 2 heterocycles. The zero-order chi connectivity index (χ0) is 15.7. The van der Waals surface area contributed by atoms with Crippen molar-refractivity contribution in [3.63, 3.8) is 0 Å². The molecule has 0 unspecified atom stereocenters. The van der Waals surface area contributed by atoms with E-state index in [1.54, 1.807) is 6.20 Å². The van der Waals surface area contributed by atoms with Crippen LogP contribution >= 0.6 is 11.3 Å². The second-order valence-corrected chi connectivity index (χ2v) is 6.94. The second kappa shape index (κ2) is 5.72. The zero-order valence-electron chi connectivity index (χ0n) is 12.4. The smallest absolute Gasteiger partial charge is 0.329 e. The second-order valence-electron chi connectivity index (χ2n) is 6.10. The van der Waals surface area contributed by atoms with Crippen LogP contribution in [0.15, 0.2) is 17.8 Å². The highest BCUT2D eigenvalue weighted by atomic mass is 32.1. The average Bonchev–Trinajstić information content (AvgIpc) is 3.06. The minimum absolute atomic E-state index is 0.168. The molecular formula is C15H19N3O3S. The monoisotopic (exact) mass is 321 g/mol. The van der Waals surface area contributed by atoms with Gasteiger partial charge in [-0.2, -0.15) is 0 Å². The zero-order valence-corrected chi connectivity index (χ0v) is 13.2. The molecule has 0 atom stereocenters. The maximum Gasteiger partial charge on any atom is 0.329 e. The van der Waals surface area contributed by atoms with Gasteiger partial charge in [0.1, 0.15) is 5.54 Å². The molecule has 7 heteroatoms. The summed E-state index contributed by atoms with van der Waals surface area (Å²) in [4.78, 5) is 29.0. The molecule has 0 saturated heterocycles. The highest BCUT2D eigenvalue weighted by Crippen LogP contribution is 2.32. The van der Waals surface area contributed by atoms with Gasteiger partial charge >= 0.3 is 5.97 Å². The maximum atomic E-state index is 12.3. The first-order valence-corrected chi connectivity index (χ1v) is 8.32. The van der Waals surface area contributed by atoms with Gasteiger partial charge in [-0.25, -0.2) is 9.78 Å². The van der Waals surface area contributed by atoms with Gasteiger partial charge in [0.15, 0.2) is 4.96 Å². The Balaban J connectivity index is 1.72. The number of carbonyl (C=O) groups excluding carboxylic acids is 1. The van der Waals surface area contributed by atoms with E-state index < -0.39 is 11.5 Å². The first-order valence-electron chi connectivity index (χ1n) is 7.44. The molecule has 22 heavy (non-hydrogen) atoms. The van der Waals surface area contributed by atoms with E-state index >= 15 is 0 Å². The van der Waals surface area contributed by atoms with E-state index in [-0.39, 0.29) is 12.3 Å². The molecule has 1 aliphatic carbocycles. The van der Waals surface area contributed by atoms with Crippen molar-refractivity contribution < 1.29 is 14.7 Å². The number of hydrogen-bond acceptors (Lipinski definition) is 4. The minimum atomic E-state index is -1.10. The molecule has 2 aromatic heterocycles. The molecule has 0 spiro atoms. The molecule has 0 aromatic carbocycles. The number of fused-ring (bicyclic) bond motifs is 1. The number of nitrogens with zero attached hydrogens (tertiary/aromatic N) is 2. The number of aromatic nitrogens is 2. The first-order chi connectivity index (χ1) is 10.5. The predicted molar refractivity (Wildman–Crippen MR) is 82.9 cm³/mol. The Morgan fingerprint density at radius 1 is 1.50 bits per heavy atom. The average molecular weight is 321 g/mol. The Hall–Kier alpha value is -1.89. The molecule has 3 rings (SSSR count). The minimum Gasteiger partial charge on any atom is -0.480 e. The van der Waals surface area contributed by atoms with Crippen molar-refractivity contribution >= 4 is 28.2 Å². The lowest BCUT2D eigenvalue weighted by atomic mass is 9.77. The van der Waals surface area contributed by atoms with Gasteiger partial charge in [-0.05, 0) is 31.6 Å². The van der Waals surface area contributed by atoms with E-state index in [0.29, 0.717) is 18.8 Å². The standard InChI is InChI=1S/C15H19N3O3S/c1-10-2-4-15(5-3-10,13(20)21)17-12(19)8-11-9-22-14-16-6-7-18(11)14/h6-7,9-10H,2-5,8H2,1H3,(H,17,19)(H,20,21). The Morgan fingerprint density at radius 2 is 2.23 bits per heavy atom. The van der Waals surface area contributed by atoms with Gasteiger partial charge in [0.05, 0.1) is 6.42 Å². The fourth-order valence-corrected chi connectivity index (χ4v) is 3.87. The van der Waals surface area contributed by atoms with Crippen LogP contribution in [0.1, 0.15) is 38.3 Å². The Kier molecular flexibility index (Phi) is 3.90. The lowest BCUT2D eigenvalue weighted by Gasteiger charge is -2.36. The fraction of sp³-hybridized carbons (Fsp3) is 0.533. The van der Waals surface area contributed by atoms with Crippen LogP contribution in [0.2, 0.25) is 0 Å². The van der Waals surface area contributed by atoms with Gasteiger partial charge in [0.25, 0.3) is 0 Å². The molecule has 2 aromatic rings. The van der Waals surface area contributed by atoms with Gasteiger partial charge in [0, 0.05) is 23.5 Å². The summed E-state index contributed by atoms with van der Waals surface area (Å²) in [6.07, 6.45) is 6.32. The van der Waals surface area contributed by atoms with Crippen molar-refractivity contribution in [1.29, 1.82) is 0 Å². The van der Waals surface area contributed by atoms with Crippen LogP contribution < -0.4 is 5.32 Å². The van der Waals surface area contributed by atoms with Gasteiger partial charge in [0.2, 0.25) is 5.91 Å². The molecule has 0 bridgehead atoms. The summed E-state index contributed by atoms with van der Waals surface area (Å²) in [5, 5.41) is 14.2. The normalized spacial score (nSPS) is 25.2. The van der Waals surface area contributed by atoms with Crippen LogP contribution in [0.4, 0.5) is 0 Å². The summed E-state index contributed by atoms with van der Waals surface area (Å²) in [5.41, 5.74) is -0.270. The van der Waals surface area contributed by atoms with Crippen molar-refractivity contribution in [2.75, 3.05) is 0 Å². The Labute approximate surface area is 132 Å². The highest BCUT2D eigenvalue weighted by Gasteiger charge is 2.42. The third-order valence-corrected chi connectivity index (χ3v) is 5.38. The SMILES string of the molecule is CC1CCC(NC(=O)Cc2csc3nccn23)(C(=O)O)CC1. The number of carboxylic acid groups (broad SMARTS) is 1. The molecule has 1 aliphatic rings. The van der Waals surface area contributed by atoms with Gasteiger partial charge in [-0.3, -0.25) is 9.20 Å². The first kappa shape index (κ1) is 15.0. The summed E-state index contributed by atoms with van der Waals surface area (Å²) in [6.45, 7) is 2.12. The number of thiazole rings is 1. The van der Waals surface area contributed by atoms with E-state index in [2.05, 4.69) is 17.2 Å². The largest absolute Gasteiger partial charge is 0.480 e. The number of nitrogens with one attached hydrogen (secondary N) is 1. The number of rotatable bonds is 4. The van der Waals surface area contributed by atoms with Crippen LogP contribution in [0.3, 0.4) is 0 Å². The Morgan fingerprint density at radius 3 is 2.91 bits per heavy atom. The third kappa shape index (κ3) is 2.72. The molecule has 1 amide bonds. The van der Waals surface area contributed by atoms with Crippen molar-refractivity contribution in [2.45, 2.75) is 44.6 Å². The topological polar surface area (TPSA) is 83.7 Å². The number of aliphatic carboxylic acids is 1. The number of carboxylic acids is 1. The summed E-state index contributed by atoms with van der Waals surface area (Å²) in [7, 11) is 0. The molecule has 0 radical (unpaired) electrons. The van der Waals surface area contributed by atoms with Crippen LogP contribution in [0, 0.1) is 5.92 Å². The summed E-state index contributed by atoms with van der Waals surface area (Å²) < 4.78 is 1.86. The van der Waals surface area contributed by atoms with Crippen molar-refractivity contribution in [3.8, 4) is 0 Å². The molecule has 1 fully saturated rings. The number of amides is 1. The number of imidazole rings is 1. The molecule has 1 saturated carbocycles. The van der Waals surface area contributed by atoms with Crippen LogP contribution in [0.25, 0.3) is 4.96 Å². The summed E-state index contributed by atoms with van der Waals surface area (Å²) in [5.74, 6) is -0.650. The van der Waals surface area contributed by atoms with E-state index in [4.69, 9.17) is 0 Å². The van der Waals surface area contributed by atoms with E-state index in [1.165, 1.54) is 11.3 Å². The highest BCUT2D eigenvalue weighted by molar-refractivity contribution is 7.15. The molecule has 118 valence electrons. The van der Waals surface area contributed by atoms with Crippen LogP contribution in [-0.2, 0) is 16.0 Å². The molecule has 0 aliphatic heterocycles. The van der Waals surface area contributed by atoms with E-state index in [1.807, 2.05) is 16.0 Å². The number of carbonyl (C=O) groups is 2. The van der Waals surface area contributed by atoms with Crippen molar-refractivity contribution in [3.05, 3.63) is 23.5 Å². The quantitative estimate of drug-likeness (QED) is 0.903. The van der Waals surface area contributed by atoms with Gasteiger partial charge in [-0.1, -0.05) is 6.92 Å². The van der Waals surface area contributed by atoms with Crippen LogP contribution in [0.5, 0.6) is 0 Å². The Bertz CT molecular complexity index is 698. The fourth-order valence-electron chi connectivity index (χ4n) is 3.02. The predicted octanol–water partition coefficient (Wildman–Crippen LogP) is 2.09. The maximum absolute atomic E-state index is 12.3. The lowest BCUT2D eigenvalue weighted by Crippen LogP contribution is -2.56. The summed E-state index contributed by atoms with van der Waals surface area (Å²) >= 11 is 1.47. The van der Waals surface area contributed by atoms with Gasteiger partial charge in [-0.15, -0.1) is 11.3 Å². The van der Waals surface area contributed by atoms with E-state index in [0.717, 1.165) is 23.5 Å². The van der Waals surface area contributed by atoms with Crippen molar-refractivity contribution in [2.24, 2.45) is 5.92 Å². The summed E-state index contributed by atoms with van der Waals surface area (Å²) in [6, 6.07) is 0. The molecule has 2 N–H and O–H groups in total. The third-order valence-electron chi connectivity index (χ3n) is 4.47. The molecule has 6 nitrogen and oxygen atoms in total. The van der Waals surface area contributed by atoms with Gasteiger partial charge < -0.3 is 10.4 Å². The van der Waals surface area contributed by atoms with E-state index in [9.17, 15) is 14.7 Å². The van der Waals surface area contributed by atoms with Crippen molar-refractivity contribution in [1.82, 2.24) is 14.7 Å².